The van der Waals surface area contributed by atoms with Crippen molar-refractivity contribution in [3.05, 3.63) is 144 Å². The standard InChI is InChI=1S/C35H38NO4P/c1-5-36(6-2)41-39-34(27-19-11-7-12-20-27,28-21-13-8-14-22-28)31-32(38-33(3,4)37-31)35(40-41,29-23-15-9-16-24-29)30-25-17-10-18-26-30/h7-26,31-32H,5-6H2,1-4H3/t31-,32-/m1/s1. The largest absolute Gasteiger partial charge is 0.341 e. The van der Waals surface area contributed by atoms with Crippen LogP contribution in [-0.4, -0.2) is 35.8 Å². The van der Waals surface area contributed by atoms with Crippen LogP contribution in [0.1, 0.15) is 49.9 Å². The highest BCUT2D eigenvalue weighted by atomic mass is 31.2. The minimum Gasteiger partial charge on any atom is -0.341 e. The molecule has 2 aliphatic heterocycles. The summed E-state index contributed by atoms with van der Waals surface area (Å²) in [5.74, 6) is -0.888. The summed E-state index contributed by atoms with van der Waals surface area (Å²) >= 11 is 0. The maximum absolute atomic E-state index is 7.48. The van der Waals surface area contributed by atoms with Crippen LogP contribution in [0.2, 0.25) is 0 Å². The van der Waals surface area contributed by atoms with E-state index in [1.807, 2.05) is 38.1 Å². The first-order valence-corrected chi connectivity index (χ1v) is 15.6. The molecule has 0 spiro atoms. The summed E-state index contributed by atoms with van der Waals surface area (Å²) in [7, 11) is -1.61. The van der Waals surface area contributed by atoms with Gasteiger partial charge in [0.05, 0.1) is 0 Å². The third-order valence-electron chi connectivity index (χ3n) is 8.11. The van der Waals surface area contributed by atoms with Crippen molar-refractivity contribution in [1.82, 2.24) is 4.67 Å². The molecule has 4 aromatic rings. The van der Waals surface area contributed by atoms with Crippen molar-refractivity contribution >= 4 is 8.53 Å². The first kappa shape index (κ1) is 28.2. The van der Waals surface area contributed by atoms with E-state index in [1.165, 1.54) is 0 Å². The van der Waals surface area contributed by atoms with E-state index in [-0.39, 0.29) is 0 Å². The Morgan fingerprint density at radius 2 is 0.829 bits per heavy atom. The van der Waals surface area contributed by atoms with Gasteiger partial charge in [-0.3, -0.25) is 0 Å². The van der Waals surface area contributed by atoms with Crippen LogP contribution in [0, 0.1) is 0 Å². The summed E-state index contributed by atoms with van der Waals surface area (Å²) in [5.41, 5.74) is 1.98. The highest BCUT2D eigenvalue weighted by Gasteiger charge is 2.67. The van der Waals surface area contributed by atoms with Crippen molar-refractivity contribution in [3.8, 4) is 0 Å². The fourth-order valence-corrected chi connectivity index (χ4v) is 8.09. The fraction of sp³-hybridized carbons (Fsp3) is 0.314. The van der Waals surface area contributed by atoms with Crippen molar-refractivity contribution in [2.75, 3.05) is 13.1 Å². The van der Waals surface area contributed by atoms with E-state index in [9.17, 15) is 0 Å². The highest BCUT2D eigenvalue weighted by Crippen LogP contribution is 2.65. The maximum atomic E-state index is 7.48. The van der Waals surface area contributed by atoms with Gasteiger partial charge in [-0.1, -0.05) is 135 Å². The molecule has 0 aromatic heterocycles. The lowest BCUT2D eigenvalue weighted by Gasteiger charge is -2.41. The van der Waals surface area contributed by atoms with Gasteiger partial charge in [0.25, 0.3) is 8.53 Å². The van der Waals surface area contributed by atoms with Crippen LogP contribution in [-0.2, 0) is 29.7 Å². The predicted molar refractivity (Wildman–Crippen MR) is 163 cm³/mol. The Bertz CT molecular complexity index is 1230. The molecule has 0 unspecified atom stereocenters. The van der Waals surface area contributed by atoms with E-state index in [4.69, 9.17) is 18.5 Å². The van der Waals surface area contributed by atoms with Crippen molar-refractivity contribution in [2.45, 2.75) is 56.9 Å². The molecule has 2 saturated heterocycles. The van der Waals surface area contributed by atoms with Gasteiger partial charge in [-0.25, -0.2) is 4.67 Å². The van der Waals surface area contributed by atoms with E-state index in [1.54, 1.807) is 0 Å². The van der Waals surface area contributed by atoms with Gasteiger partial charge in [0.2, 0.25) is 0 Å². The highest BCUT2D eigenvalue weighted by molar-refractivity contribution is 7.44. The second kappa shape index (κ2) is 11.4. The Balaban J connectivity index is 1.72. The Hall–Kier alpha value is -2.89. The Morgan fingerprint density at radius 3 is 1.10 bits per heavy atom. The topological polar surface area (TPSA) is 40.2 Å². The third-order valence-corrected chi connectivity index (χ3v) is 10.0. The molecule has 2 aliphatic rings. The summed E-state index contributed by atoms with van der Waals surface area (Å²) in [6.45, 7) is 9.81. The van der Waals surface area contributed by atoms with Crippen LogP contribution in [0.4, 0.5) is 0 Å². The molecule has 0 aliphatic carbocycles. The van der Waals surface area contributed by atoms with E-state index in [0.29, 0.717) is 0 Å². The number of nitrogens with zero attached hydrogens (tertiary/aromatic N) is 1. The number of rotatable bonds is 7. The van der Waals surface area contributed by atoms with Crippen LogP contribution in [0.25, 0.3) is 0 Å². The summed E-state index contributed by atoms with van der Waals surface area (Å²) in [6.07, 6.45) is -1.10. The Kier molecular flexibility index (Phi) is 7.86. The smallest absolute Gasteiger partial charge is 0.261 e. The minimum atomic E-state index is -1.61. The van der Waals surface area contributed by atoms with E-state index in [0.717, 1.165) is 35.3 Å². The molecule has 5 nitrogen and oxygen atoms in total. The van der Waals surface area contributed by atoms with Gasteiger partial charge in [0, 0.05) is 13.1 Å². The maximum Gasteiger partial charge on any atom is 0.261 e. The molecule has 2 heterocycles. The second-order valence-corrected chi connectivity index (χ2v) is 12.4. The normalized spacial score (nSPS) is 23.1. The van der Waals surface area contributed by atoms with Gasteiger partial charge in [-0.15, -0.1) is 0 Å². The van der Waals surface area contributed by atoms with Crippen molar-refractivity contribution in [3.63, 3.8) is 0 Å². The number of hydrogen-bond acceptors (Lipinski definition) is 5. The monoisotopic (exact) mass is 567 g/mol. The SMILES string of the molecule is CCN(CC)P1OC(c2ccccc2)(c2ccccc2)[C@@H]2OC(C)(C)O[C@H]2C(c2ccccc2)(c2ccccc2)O1. The molecular formula is C35H38NO4P. The molecule has 212 valence electrons. The minimum absolute atomic E-state index is 0.550. The van der Waals surface area contributed by atoms with Crippen LogP contribution in [0.15, 0.2) is 121 Å². The Labute approximate surface area is 245 Å². The number of benzene rings is 4. The van der Waals surface area contributed by atoms with E-state index in [2.05, 4.69) is 116 Å². The zero-order valence-corrected chi connectivity index (χ0v) is 25.0. The van der Waals surface area contributed by atoms with Crippen molar-refractivity contribution in [2.24, 2.45) is 0 Å². The molecule has 0 saturated carbocycles. The molecule has 0 bridgehead atoms. The van der Waals surface area contributed by atoms with Crippen LogP contribution in [0.3, 0.4) is 0 Å². The molecule has 0 amide bonds. The molecular weight excluding hydrogens is 529 g/mol. The predicted octanol–water partition coefficient (Wildman–Crippen LogP) is 8.01. The lowest BCUT2D eigenvalue weighted by Crippen LogP contribution is -2.53. The van der Waals surface area contributed by atoms with E-state index < -0.39 is 37.7 Å². The zero-order valence-electron chi connectivity index (χ0n) is 24.1. The molecule has 6 heteroatoms. The van der Waals surface area contributed by atoms with Crippen LogP contribution >= 0.6 is 8.53 Å². The first-order valence-electron chi connectivity index (χ1n) is 14.5. The summed E-state index contributed by atoms with van der Waals surface area (Å²) in [4.78, 5) is 0. The molecule has 0 radical (unpaired) electrons. The van der Waals surface area contributed by atoms with Gasteiger partial charge < -0.3 is 18.5 Å². The summed E-state index contributed by atoms with van der Waals surface area (Å²) < 4.78 is 31.3. The number of fused-ring (bicyclic) bond motifs is 1. The van der Waals surface area contributed by atoms with Gasteiger partial charge in [-0.05, 0) is 36.1 Å². The van der Waals surface area contributed by atoms with Crippen molar-refractivity contribution in [1.29, 1.82) is 0 Å². The molecule has 41 heavy (non-hydrogen) atoms. The molecule has 2 fully saturated rings. The van der Waals surface area contributed by atoms with Crippen LogP contribution < -0.4 is 0 Å². The summed E-state index contributed by atoms with van der Waals surface area (Å²) in [5, 5.41) is 0. The van der Waals surface area contributed by atoms with Gasteiger partial charge in [0.1, 0.15) is 12.2 Å². The summed E-state index contributed by atoms with van der Waals surface area (Å²) in [6, 6.07) is 41.7. The lowest BCUT2D eigenvalue weighted by atomic mass is 9.72. The van der Waals surface area contributed by atoms with Crippen LogP contribution in [0.5, 0.6) is 0 Å². The fourth-order valence-electron chi connectivity index (χ4n) is 6.24. The molecule has 2 atom stereocenters. The molecule has 6 rings (SSSR count). The zero-order chi connectivity index (χ0) is 28.5. The van der Waals surface area contributed by atoms with Gasteiger partial charge in [-0.2, -0.15) is 0 Å². The molecule has 0 N–H and O–H groups in total. The Morgan fingerprint density at radius 1 is 0.537 bits per heavy atom. The quantitative estimate of drug-likeness (QED) is 0.212. The number of ether oxygens (including phenoxy) is 2. The number of hydrogen-bond donors (Lipinski definition) is 0. The average molecular weight is 568 g/mol. The lowest BCUT2D eigenvalue weighted by molar-refractivity contribution is -0.175. The third kappa shape index (κ3) is 4.85. The average Bonchev–Trinajstić information content (AvgIpc) is 3.30. The van der Waals surface area contributed by atoms with Gasteiger partial charge in [0.15, 0.2) is 17.0 Å². The van der Waals surface area contributed by atoms with Gasteiger partial charge >= 0.3 is 0 Å². The molecule has 4 aromatic carbocycles. The second-order valence-electron chi connectivity index (χ2n) is 11.0. The first-order chi connectivity index (χ1) is 19.9. The van der Waals surface area contributed by atoms with E-state index >= 15 is 0 Å². The van der Waals surface area contributed by atoms with Crippen molar-refractivity contribution < 1.29 is 18.5 Å².